The molecule has 2 unspecified atom stereocenters. The van der Waals surface area contributed by atoms with Crippen LogP contribution in [0.5, 0.6) is 0 Å². The number of aromatic nitrogens is 2. The van der Waals surface area contributed by atoms with E-state index in [4.69, 9.17) is 31.5 Å². The lowest BCUT2D eigenvalue weighted by Gasteiger charge is -2.36. The molecule has 0 aliphatic carbocycles. The number of benzene rings is 3. The smallest absolute Gasteiger partial charge is 0.317 e. The molecule has 7 amide bonds. The third kappa shape index (κ3) is 13.2. The van der Waals surface area contributed by atoms with Crippen molar-refractivity contribution in [3.8, 4) is 0 Å². The van der Waals surface area contributed by atoms with Crippen LogP contribution in [-0.4, -0.2) is 147 Å². The Labute approximate surface area is 397 Å². The Morgan fingerprint density at radius 1 is 0.897 bits per heavy atom. The zero-order chi connectivity index (χ0) is 48.0. The van der Waals surface area contributed by atoms with Crippen molar-refractivity contribution in [1.82, 2.24) is 35.7 Å². The summed E-state index contributed by atoms with van der Waals surface area (Å²) >= 11 is 6.38. The molecule has 3 aromatic carbocycles. The first-order valence-electron chi connectivity index (χ1n) is 22.3. The highest BCUT2D eigenvalue weighted by Crippen LogP contribution is 2.30. The average Bonchev–Trinajstić information content (AvgIpc) is 3.66. The minimum absolute atomic E-state index is 0.0891. The Kier molecular flexibility index (Phi) is 17.1. The maximum atomic E-state index is 12.9. The molecule has 21 nitrogen and oxygen atoms in total. The predicted octanol–water partition coefficient (Wildman–Crippen LogP) is 2.98. The number of carbonyl (C=O) groups is 6. The zero-order valence-corrected chi connectivity index (χ0v) is 38.3. The minimum Gasteiger partial charge on any atom is -0.379 e. The van der Waals surface area contributed by atoms with Crippen LogP contribution in [0.3, 0.4) is 0 Å². The summed E-state index contributed by atoms with van der Waals surface area (Å²) in [4.78, 5) is 88.7. The summed E-state index contributed by atoms with van der Waals surface area (Å²) in [5.74, 6) is -0.950. The van der Waals surface area contributed by atoms with Crippen LogP contribution in [0.2, 0.25) is 5.02 Å². The van der Waals surface area contributed by atoms with Gasteiger partial charge in [-0.2, -0.15) is 4.98 Å². The maximum absolute atomic E-state index is 12.9. The van der Waals surface area contributed by atoms with Gasteiger partial charge >= 0.3 is 6.03 Å². The number of imide groups is 1. The number of ether oxygens (including phenoxy) is 3. The maximum Gasteiger partial charge on any atom is 0.317 e. The van der Waals surface area contributed by atoms with Crippen molar-refractivity contribution in [2.45, 2.75) is 37.9 Å². The van der Waals surface area contributed by atoms with E-state index in [0.29, 0.717) is 97.4 Å². The first kappa shape index (κ1) is 49.0. The van der Waals surface area contributed by atoms with Gasteiger partial charge in [-0.15, -0.1) is 0 Å². The molecule has 4 heterocycles. The quantitative estimate of drug-likeness (QED) is 0.0468. The van der Waals surface area contributed by atoms with Crippen LogP contribution in [-0.2, 0) is 35.1 Å². The third-order valence-corrected chi connectivity index (χ3v) is 11.6. The van der Waals surface area contributed by atoms with E-state index < -0.39 is 18.0 Å². The molecule has 3 aliphatic heterocycles. The molecule has 3 aliphatic rings. The molecule has 2 atom stereocenters. The molecular formula is C46H55ClN12O9. The monoisotopic (exact) mass is 954 g/mol. The number of nitrogens with one attached hydrogen (secondary N) is 6. The molecule has 4 aromatic rings. The van der Waals surface area contributed by atoms with Gasteiger partial charge < -0.3 is 61.2 Å². The summed E-state index contributed by atoms with van der Waals surface area (Å²) in [5.41, 5.74) is 10.6. The average molecular weight is 955 g/mol. The lowest BCUT2D eigenvalue weighted by Crippen LogP contribution is -2.52. The Hall–Kier alpha value is -6.91. The van der Waals surface area contributed by atoms with E-state index in [-0.39, 0.29) is 75.3 Å². The van der Waals surface area contributed by atoms with E-state index >= 15 is 0 Å². The van der Waals surface area contributed by atoms with Gasteiger partial charge in [0.05, 0.1) is 69.6 Å². The van der Waals surface area contributed by atoms with E-state index in [1.165, 1.54) is 11.1 Å². The number of nitrogens with two attached hydrogens (primary N) is 1. The van der Waals surface area contributed by atoms with Crippen LogP contribution in [0.15, 0.2) is 72.9 Å². The van der Waals surface area contributed by atoms with Gasteiger partial charge in [-0.25, -0.2) is 9.78 Å². The van der Waals surface area contributed by atoms with Crippen molar-refractivity contribution in [2.75, 3.05) is 100 Å². The number of para-hydroxylation sites is 1. The first-order valence-corrected chi connectivity index (χ1v) is 22.6. The van der Waals surface area contributed by atoms with Gasteiger partial charge in [0.2, 0.25) is 23.7 Å². The summed E-state index contributed by atoms with van der Waals surface area (Å²) in [6.45, 7) is 4.54. The summed E-state index contributed by atoms with van der Waals surface area (Å²) < 4.78 is 16.8. The Morgan fingerprint density at radius 2 is 1.63 bits per heavy atom. The minimum atomic E-state index is -0.709. The van der Waals surface area contributed by atoms with E-state index in [1.807, 2.05) is 30.3 Å². The number of carbonyl (C=O) groups excluding carboxylic acids is 6. The molecule has 7 rings (SSSR count). The number of rotatable bonds is 21. The van der Waals surface area contributed by atoms with Gasteiger partial charge in [0.25, 0.3) is 11.8 Å². The molecular weight excluding hydrogens is 900 g/mol. The van der Waals surface area contributed by atoms with Crippen LogP contribution < -0.4 is 42.5 Å². The standard InChI is InChI=1S/C46H55ClN12O9/c1-49-42(62)35-4-2-3-5-37(35)54-41-36(47)25-51-45(56-41)53-31-6-9-33(10-7-31)57-16-18-58(19-17-57)46(65)50-15-21-66-22-23-68-28-30(48)27-67-20-14-40(61)52-32-8-11-34-29(24-32)26-59(44(34)64)38-12-13-39(60)55-43(38)63/h2-11,24-25,30,38H,12-23,26-28,48H2,1H3,(H,49,62)(H,50,65)(H,52,61)(H,55,60,63)(H2,51,53,54,56). The van der Waals surface area contributed by atoms with Gasteiger partial charge in [-0.3, -0.25) is 29.3 Å². The number of hydrogen-bond acceptors (Lipinski definition) is 15. The van der Waals surface area contributed by atoms with Crippen LogP contribution in [0.25, 0.3) is 0 Å². The fourth-order valence-corrected chi connectivity index (χ4v) is 7.88. The summed E-state index contributed by atoms with van der Waals surface area (Å²) in [6, 6.07) is 18.6. The molecule has 68 heavy (non-hydrogen) atoms. The lowest BCUT2D eigenvalue weighted by atomic mass is 10.0. The van der Waals surface area contributed by atoms with E-state index in [0.717, 1.165) is 11.4 Å². The van der Waals surface area contributed by atoms with Crippen LogP contribution >= 0.6 is 11.6 Å². The predicted molar refractivity (Wildman–Crippen MR) is 253 cm³/mol. The Morgan fingerprint density at radius 3 is 2.40 bits per heavy atom. The molecule has 0 saturated carbocycles. The number of fused-ring (bicyclic) bond motifs is 1. The molecule has 22 heteroatoms. The fourth-order valence-electron chi connectivity index (χ4n) is 7.74. The first-order chi connectivity index (χ1) is 32.9. The number of anilines is 6. The van der Waals surface area contributed by atoms with Crippen molar-refractivity contribution >= 4 is 81.7 Å². The second-order valence-corrected chi connectivity index (χ2v) is 16.5. The van der Waals surface area contributed by atoms with Crippen LogP contribution in [0.4, 0.5) is 39.3 Å². The number of piperazine rings is 1. The number of nitrogens with zero attached hydrogens (tertiary/aromatic N) is 5. The Balaban J connectivity index is 0.703. The molecule has 0 radical (unpaired) electrons. The molecule has 2 fully saturated rings. The second kappa shape index (κ2) is 23.7. The highest BCUT2D eigenvalue weighted by Gasteiger charge is 2.39. The number of amides is 7. The summed E-state index contributed by atoms with van der Waals surface area (Å²) in [6.07, 6.45) is 2.02. The second-order valence-electron chi connectivity index (χ2n) is 16.1. The summed E-state index contributed by atoms with van der Waals surface area (Å²) in [7, 11) is 1.57. The number of hydrogen-bond donors (Lipinski definition) is 7. The SMILES string of the molecule is CNC(=O)c1ccccc1Nc1nc(Nc2ccc(N3CCN(C(=O)NCCOCCOCC(N)COCCC(=O)Nc4ccc5c(c4)CN(C4CCC(=O)NC4=O)C5=O)CC3)cc2)ncc1Cl. The molecule has 2 saturated heterocycles. The fraction of sp³-hybridized carbons (Fsp3) is 0.391. The molecule has 0 bridgehead atoms. The van der Waals surface area contributed by atoms with Crippen molar-refractivity contribution in [2.24, 2.45) is 5.73 Å². The van der Waals surface area contributed by atoms with E-state index in [9.17, 15) is 28.8 Å². The topological polar surface area (TPSA) is 264 Å². The zero-order valence-electron chi connectivity index (χ0n) is 37.6. The highest BCUT2D eigenvalue weighted by molar-refractivity contribution is 6.33. The molecule has 360 valence electrons. The summed E-state index contributed by atoms with van der Waals surface area (Å²) in [5, 5.41) is 17.3. The normalized spacial score (nSPS) is 16.2. The highest BCUT2D eigenvalue weighted by atomic mass is 35.5. The van der Waals surface area contributed by atoms with E-state index in [2.05, 4.69) is 46.8 Å². The van der Waals surface area contributed by atoms with Crippen LogP contribution in [0.1, 0.15) is 45.5 Å². The van der Waals surface area contributed by atoms with Crippen molar-refractivity contribution in [1.29, 1.82) is 0 Å². The van der Waals surface area contributed by atoms with Crippen molar-refractivity contribution in [3.05, 3.63) is 94.6 Å². The molecule has 0 spiro atoms. The van der Waals surface area contributed by atoms with E-state index in [1.54, 1.807) is 48.3 Å². The van der Waals surface area contributed by atoms with Gasteiger partial charge in [0, 0.05) is 75.4 Å². The largest absolute Gasteiger partial charge is 0.379 e. The number of halogens is 1. The lowest BCUT2D eigenvalue weighted by molar-refractivity contribution is -0.137. The van der Waals surface area contributed by atoms with Gasteiger partial charge in [0.1, 0.15) is 11.1 Å². The third-order valence-electron chi connectivity index (χ3n) is 11.3. The molecule has 8 N–H and O–H groups in total. The van der Waals surface area contributed by atoms with Crippen molar-refractivity contribution < 1.29 is 43.0 Å². The van der Waals surface area contributed by atoms with Gasteiger partial charge in [-0.1, -0.05) is 23.7 Å². The molecule has 1 aromatic heterocycles. The number of urea groups is 1. The van der Waals surface area contributed by atoms with Crippen molar-refractivity contribution in [3.63, 3.8) is 0 Å². The van der Waals surface area contributed by atoms with Gasteiger partial charge in [0.15, 0.2) is 5.82 Å². The van der Waals surface area contributed by atoms with Crippen LogP contribution in [0, 0.1) is 0 Å². The van der Waals surface area contributed by atoms with Gasteiger partial charge in [-0.05, 0) is 66.6 Å². The number of piperidine rings is 1. The Bertz CT molecular complexity index is 2450.